The molecule has 0 N–H and O–H groups in total. The first-order valence-corrected chi connectivity index (χ1v) is 12.5. The summed E-state index contributed by atoms with van der Waals surface area (Å²) in [6, 6.07) is 25.0. The number of para-hydroxylation sites is 2. The monoisotopic (exact) mass is 446 g/mol. The SMILES string of the molecule is CC1CC(N(c2ccccc2)S(=O)(=O)c2ccccc2)c2ccccc2N1C(=O)C1CC1. The van der Waals surface area contributed by atoms with Crippen LogP contribution in [0.25, 0.3) is 0 Å². The van der Waals surface area contributed by atoms with E-state index in [1.807, 2.05) is 72.5 Å². The Hall–Kier alpha value is -3.12. The number of fused-ring (bicyclic) bond motifs is 1. The van der Waals surface area contributed by atoms with Crippen molar-refractivity contribution in [2.75, 3.05) is 9.21 Å². The Labute approximate surface area is 189 Å². The highest BCUT2D eigenvalue weighted by Crippen LogP contribution is 2.46. The lowest BCUT2D eigenvalue weighted by Gasteiger charge is -2.43. The van der Waals surface area contributed by atoms with E-state index in [1.165, 1.54) is 4.31 Å². The van der Waals surface area contributed by atoms with E-state index in [2.05, 4.69) is 0 Å². The van der Waals surface area contributed by atoms with Crippen LogP contribution in [0.5, 0.6) is 0 Å². The van der Waals surface area contributed by atoms with Gasteiger partial charge in [0.15, 0.2) is 0 Å². The highest BCUT2D eigenvalue weighted by Gasteiger charge is 2.44. The number of anilines is 2. The lowest BCUT2D eigenvalue weighted by atomic mass is 9.91. The fourth-order valence-electron chi connectivity index (χ4n) is 4.63. The molecule has 0 spiro atoms. The molecule has 0 saturated heterocycles. The van der Waals surface area contributed by atoms with Gasteiger partial charge in [-0.05, 0) is 62.1 Å². The molecular formula is C26H26N2O3S. The molecule has 32 heavy (non-hydrogen) atoms. The second-order valence-corrected chi connectivity index (χ2v) is 10.4. The third-order valence-electron chi connectivity index (χ3n) is 6.32. The van der Waals surface area contributed by atoms with Gasteiger partial charge in [-0.15, -0.1) is 0 Å². The maximum Gasteiger partial charge on any atom is 0.264 e. The molecule has 0 aromatic heterocycles. The Balaban J connectivity index is 1.66. The van der Waals surface area contributed by atoms with Gasteiger partial charge in [0.05, 0.1) is 16.6 Å². The van der Waals surface area contributed by atoms with E-state index in [0.29, 0.717) is 12.1 Å². The molecule has 2 unspecified atom stereocenters. The lowest BCUT2D eigenvalue weighted by molar-refractivity contribution is -0.120. The summed E-state index contributed by atoms with van der Waals surface area (Å²) in [6.45, 7) is 2.02. The minimum absolute atomic E-state index is 0.0975. The first-order chi connectivity index (χ1) is 15.5. The van der Waals surface area contributed by atoms with Gasteiger partial charge in [0.1, 0.15) is 0 Å². The maximum atomic E-state index is 13.9. The van der Waals surface area contributed by atoms with Crippen molar-refractivity contribution in [3.05, 3.63) is 90.5 Å². The van der Waals surface area contributed by atoms with Gasteiger partial charge in [-0.3, -0.25) is 9.10 Å². The van der Waals surface area contributed by atoms with Gasteiger partial charge in [-0.25, -0.2) is 8.42 Å². The molecule has 1 fully saturated rings. The van der Waals surface area contributed by atoms with Gasteiger partial charge < -0.3 is 4.90 Å². The molecule has 1 saturated carbocycles. The molecule has 1 aliphatic heterocycles. The molecule has 1 heterocycles. The molecule has 1 amide bonds. The summed E-state index contributed by atoms with van der Waals surface area (Å²) in [4.78, 5) is 15.2. The summed E-state index contributed by atoms with van der Waals surface area (Å²) in [5, 5.41) is 0. The third-order valence-corrected chi connectivity index (χ3v) is 8.17. The van der Waals surface area contributed by atoms with Crippen molar-refractivity contribution in [1.29, 1.82) is 0 Å². The van der Waals surface area contributed by atoms with Crippen molar-refractivity contribution >= 4 is 27.3 Å². The van der Waals surface area contributed by atoms with E-state index < -0.39 is 16.1 Å². The van der Waals surface area contributed by atoms with Crippen LogP contribution in [0.2, 0.25) is 0 Å². The summed E-state index contributed by atoms with van der Waals surface area (Å²) in [5.41, 5.74) is 2.30. The second-order valence-electron chi connectivity index (χ2n) is 8.59. The number of nitrogens with zero attached hydrogens (tertiary/aromatic N) is 2. The highest BCUT2D eigenvalue weighted by atomic mass is 32.2. The molecule has 164 valence electrons. The fourth-order valence-corrected chi connectivity index (χ4v) is 6.30. The first kappa shape index (κ1) is 20.8. The minimum Gasteiger partial charge on any atom is -0.309 e. The van der Waals surface area contributed by atoms with Crippen LogP contribution in [0.1, 0.15) is 37.8 Å². The van der Waals surface area contributed by atoms with Crippen LogP contribution in [-0.4, -0.2) is 20.4 Å². The molecule has 3 aromatic carbocycles. The smallest absolute Gasteiger partial charge is 0.264 e. The Bertz CT molecular complexity index is 1220. The van der Waals surface area contributed by atoms with Crippen molar-refractivity contribution in [3.63, 3.8) is 0 Å². The standard InChI is InChI=1S/C26H26N2O3S/c1-19-18-25(23-14-8-9-15-24(23)27(19)26(29)20-16-17-20)28(21-10-4-2-5-11-21)32(30,31)22-12-6-3-7-13-22/h2-15,19-20,25H,16-18H2,1H3. The van der Waals surface area contributed by atoms with Gasteiger partial charge in [0, 0.05) is 17.6 Å². The van der Waals surface area contributed by atoms with Crippen LogP contribution in [0.3, 0.4) is 0 Å². The molecular weight excluding hydrogens is 420 g/mol. The van der Waals surface area contributed by atoms with Crippen LogP contribution in [0, 0.1) is 5.92 Å². The van der Waals surface area contributed by atoms with Crippen molar-refractivity contribution < 1.29 is 13.2 Å². The Morgan fingerprint density at radius 1 is 0.875 bits per heavy atom. The normalized spacial score (nSPS) is 20.5. The molecule has 1 aliphatic carbocycles. The summed E-state index contributed by atoms with van der Waals surface area (Å²) in [5.74, 6) is 0.251. The van der Waals surface area contributed by atoms with Crippen LogP contribution in [0.4, 0.5) is 11.4 Å². The van der Waals surface area contributed by atoms with E-state index in [0.717, 1.165) is 24.1 Å². The van der Waals surface area contributed by atoms with Crippen molar-refractivity contribution in [1.82, 2.24) is 0 Å². The number of sulfonamides is 1. The van der Waals surface area contributed by atoms with Gasteiger partial charge in [-0.1, -0.05) is 54.6 Å². The number of rotatable bonds is 5. The molecule has 0 radical (unpaired) electrons. The quantitative estimate of drug-likeness (QED) is 0.544. The van der Waals surface area contributed by atoms with Crippen molar-refractivity contribution in [2.24, 2.45) is 5.92 Å². The predicted octanol–water partition coefficient (Wildman–Crippen LogP) is 5.16. The number of hydrogen-bond acceptors (Lipinski definition) is 3. The van der Waals surface area contributed by atoms with Gasteiger partial charge in [0.2, 0.25) is 5.91 Å². The van der Waals surface area contributed by atoms with Crippen LogP contribution in [-0.2, 0) is 14.8 Å². The van der Waals surface area contributed by atoms with E-state index in [9.17, 15) is 13.2 Å². The van der Waals surface area contributed by atoms with E-state index in [-0.39, 0.29) is 22.8 Å². The molecule has 5 rings (SSSR count). The summed E-state index contributed by atoms with van der Waals surface area (Å²) in [7, 11) is -3.83. The molecule has 3 aromatic rings. The Morgan fingerprint density at radius 2 is 1.47 bits per heavy atom. The summed E-state index contributed by atoms with van der Waals surface area (Å²) >= 11 is 0. The average molecular weight is 447 g/mol. The third kappa shape index (κ3) is 3.58. The van der Waals surface area contributed by atoms with E-state index in [1.54, 1.807) is 24.3 Å². The molecule has 0 bridgehead atoms. The first-order valence-electron chi connectivity index (χ1n) is 11.0. The van der Waals surface area contributed by atoms with Crippen LogP contribution in [0.15, 0.2) is 89.8 Å². The largest absolute Gasteiger partial charge is 0.309 e. The van der Waals surface area contributed by atoms with Crippen molar-refractivity contribution in [3.8, 4) is 0 Å². The van der Waals surface area contributed by atoms with Crippen LogP contribution < -0.4 is 9.21 Å². The maximum absolute atomic E-state index is 13.9. The lowest BCUT2D eigenvalue weighted by Crippen LogP contribution is -2.48. The topological polar surface area (TPSA) is 57.7 Å². The number of carbonyl (C=O) groups excluding carboxylic acids is 1. The zero-order chi connectivity index (χ0) is 22.3. The summed E-state index contributed by atoms with van der Waals surface area (Å²) in [6.07, 6.45) is 2.40. The number of carbonyl (C=O) groups is 1. The number of benzene rings is 3. The van der Waals surface area contributed by atoms with Gasteiger partial charge in [0.25, 0.3) is 10.0 Å². The fraction of sp³-hybridized carbons (Fsp3) is 0.269. The molecule has 5 nitrogen and oxygen atoms in total. The zero-order valence-electron chi connectivity index (χ0n) is 18.0. The van der Waals surface area contributed by atoms with Crippen molar-refractivity contribution in [2.45, 2.75) is 43.2 Å². The molecule has 2 aliphatic rings. The highest BCUT2D eigenvalue weighted by molar-refractivity contribution is 7.92. The minimum atomic E-state index is -3.83. The molecule has 6 heteroatoms. The Kier molecular flexibility index (Phi) is 5.25. The van der Waals surface area contributed by atoms with E-state index in [4.69, 9.17) is 0 Å². The second kappa shape index (κ2) is 8.10. The number of amides is 1. The van der Waals surface area contributed by atoms with Gasteiger partial charge in [-0.2, -0.15) is 0 Å². The molecule has 2 atom stereocenters. The average Bonchev–Trinajstić information content (AvgIpc) is 3.66. The summed E-state index contributed by atoms with van der Waals surface area (Å²) < 4.78 is 29.4. The predicted molar refractivity (Wildman–Crippen MR) is 126 cm³/mol. The number of hydrogen-bond donors (Lipinski definition) is 0. The van der Waals surface area contributed by atoms with Gasteiger partial charge >= 0.3 is 0 Å². The Morgan fingerprint density at radius 3 is 2.12 bits per heavy atom. The zero-order valence-corrected chi connectivity index (χ0v) is 18.8. The van der Waals surface area contributed by atoms with Crippen LogP contribution >= 0.6 is 0 Å². The van der Waals surface area contributed by atoms with E-state index >= 15 is 0 Å².